The molecular formula is C64H51N. The second kappa shape index (κ2) is 16.3. The molecule has 0 heterocycles. The Hall–Kier alpha value is -7.48. The summed E-state index contributed by atoms with van der Waals surface area (Å²) in [7, 11) is 0. The summed E-state index contributed by atoms with van der Waals surface area (Å²) in [6.07, 6.45) is 6.43. The lowest BCUT2D eigenvalue weighted by Crippen LogP contribution is -2.22. The molecule has 1 saturated carbocycles. The average Bonchev–Trinajstić information content (AvgIpc) is 3.65. The van der Waals surface area contributed by atoms with Crippen molar-refractivity contribution >= 4 is 38.6 Å². The molecule has 0 bridgehead atoms. The van der Waals surface area contributed by atoms with Gasteiger partial charge in [0.15, 0.2) is 0 Å². The predicted molar refractivity (Wildman–Crippen MR) is 276 cm³/mol. The molecule has 0 saturated heterocycles. The molecule has 0 radical (unpaired) electrons. The zero-order valence-electron chi connectivity index (χ0n) is 36.9. The third-order valence-electron chi connectivity index (χ3n) is 14.7. The first-order valence-corrected chi connectivity index (χ1v) is 23.5. The first kappa shape index (κ1) is 39.1. The molecule has 2 aliphatic carbocycles. The number of para-hydroxylation sites is 2. The summed E-state index contributed by atoms with van der Waals surface area (Å²) in [4.78, 5) is 2.61. The van der Waals surface area contributed by atoms with Crippen LogP contribution in [0.15, 0.2) is 224 Å². The first-order valence-electron chi connectivity index (χ1n) is 23.5. The highest BCUT2D eigenvalue weighted by Crippen LogP contribution is 2.58. The van der Waals surface area contributed by atoms with Crippen molar-refractivity contribution in [2.75, 3.05) is 4.90 Å². The fraction of sp³-hybridized carbons (Fsp3) is 0.125. The van der Waals surface area contributed by atoms with E-state index in [0.29, 0.717) is 5.92 Å². The van der Waals surface area contributed by atoms with Crippen LogP contribution < -0.4 is 4.90 Å². The summed E-state index contributed by atoms with van der Waals surface area (Å²) in [5.74, 6) is 0.562. The largest absolute Gasteiger partial charge is 0.309 e. The minimum Gasteiger partial charge on any atom is -0.309 e. The van der Waals surface area contributed by atoms with E-state index in [-0.39, 0.29) is 5.41 Å². The number of rotatable bonds is 8. The second-order valence-electron chi connectivity index (χ2n) is 18.3. The predicted octanol–water partition coefficient (Wildman–Crippen LogP) is 17.8. The smallest absolute Gasteiger partial charge is 0.0543 e. The van der Waals surface area contributed by atoms with Crippen LogP contribution in [0.2, 0.25) is 0 Å². The average molecular weight is 834 g/mol. The number of hydrogen-bond acceptors (Lipinski definition) is 1. The molecule has 1 unspecified atom stereocenters. The molecule has 10 aromatic carbocycles. The maximum absolute atomic E-state index is 2.61. The van der Waals surface area contributed by atoms with Crippen molar-refractivity contribution in [2.24, 2.45) is 0 Å². The van der Waals surface area contributed by atoms with E-state index in [9.17, 15) is 0 Å². The van der Waals surface area contributed by atoms with E-state index < -0.39 is 0 Å². The minimum atomic E-state index is -0.349. The molecule has 0 spiro atoms. The Bertz CT molecular complexity index is 3370. The standard InChI is InChI=1S/C64H51N/c1-64(48-30-9-4-10-31-48)56-39-14-11-34-55(56)63-57(64)40-21-43-60(63)65(58-41-15-12-32-51(58)53-37-19-28-46-26-17-35-49(61(46)53)44-22-5-2-6-23-44)59-42-16-13-33-52(59)54-38-20-29-47-27-18-36-50(62(47)54)45-24-7-3-8-25-45/h2,4-6,9-23,26-43,45H,3,7-8,24-25H2,1H3. The summed E-state index contributed by atoms with van der Waals surface area (Å²) in [5, 5.41) is 5.19. The highest BCUT2D eigenvalue weighted by atomic mass is 15.2. The molecule has 1 nitrogen and oxygen atoms in total. The van der Waals surface area contributed by atoms with Crippen molar-refractivity contribution in [3.05, 3.63) is 247 Å². The topological polar surface area (TPSA) is 3.24 Å². The molecule has 0 aliphatic heterocycles. The molecule has 312 valence electrons. The van der Waals surface area contributed by atoms with Crippen molar-refractivity contribution in [1.82, 2.24) is 0 Å². The Kier molecular flexibility index (Phi) is 9.79. The SMILES string of the molecule is CC1(c2ccccc2)c2ccccc2-c2c(N(c3ccccc3-c3cccc4cccc(-c5ccccc5)c34)c3ccccc3-c3cccc4cccc(C5CCCCC5)c34)cccc21. The normalized spacial score (nSPS) is 15.8. The Morgan fingerprint density at radius 2 is 0.846 bits per heavy atom. The molecule has 0 amide bonds. The number of fused-ring (bicyclic) bond motifs is 5. The van der Waals surface area contributed by atoms with Crippen molar-refractivity contribution < 1.29 is 0 Å². The fourth-order valence-corrected chi connectivity index (χ4v) is 11.7. The number of benzene rings is 10. The van der Waals surface area contributed by atoms with E-state index in [1.54, 1.807) is 0 Å². The van der Waals surface area contributed by atoms with Crippen LogP contribution in [0.3, 0.4) is 0 Å². The van der Waals surface area contributed by atoms with E-state index in [4.69, 9.17) is 0 Å². The number of anilines is 3. The lowest BCUT2D eigenvalue weighted by molar-refractivity contribution is 0.445. The maximum atomic E-state index is 2.61. The van der Waals surface area contributed by atoms with E-state index in [1.807, 2.05) is 0 Å². The van der Waals surface area contributed by atoms with E-state index in [1.165, 1.54) is 126 Å². The Morgan fingerprint density at radius 1 is 0.369 bits per heavy atom. The van der Waals surface area contributed by atoms with Crippen molar-refractivity contribution in [3.63, 3.8) is 0 Å². The first-order chi connectivity index (χ1) is 32.2. The zero-order valence-corrected chi connectivity index (χ0v) is 36.9. The van der Waals surface area contributed by atoms with Crippen LogP contribution in [0, 0.1) is 0 Å². The molecule has 2 aliphatic rings. The Morgan fingerprint density at radius 3 is 1.52 bits per heavy atom. The van der Waals surface area contributed by atoms with Crippen LogP contribution in [0.5, 0.6) is 0 Å². The highest BCUT2D eigenvalue weighted by Gasteiger charge is 2.42. The molecular weight excluding hydrogens is 783 g/mol. The van der Waals surface area contributed by atoms with E-state index in [2.05, 4.69) is 236 Å². The van der Waals surface area contributed by atoms with Gasteiger partial charge < -0.3 is 4.90 Å². The van der Waals surface area contributed by atoms with Crippen LogP contribution >= 0.6 is 0 Å². The molecule has 0 aromatic heterocycles. The fourth-order valence-electron chi connectivity index (χ4n) is 11.7. The summed E-state index contributed by atoms with van der Waals surface area (Å²) in [6.45, 7) is 2.42. The van der Waals surface area contributed by atoms with E-state index in [0.717, 1.165) is 11.4 Å². The van der Waals surface area contributed by atoms with Gasteiger partial charge >= 0.3 is 0 Å². The zero-order chi connectivity index (χ0) is 43.3. The molecule has 1 heteroatoms. The van der Waals surface area contributed by atoms with Crippen LogP contribution in [0.25, 0.3) is 66.1 Å². The molecule has 1 fully saturated rings. The van der Waals surface area contributed by atoms with Gasteiger partial charge in [0, 0.05) is 22.1 Å². The highest BCUT2D eigenvalue weighted by molar-refractivity contribution is 6.11. The number of hydrogen-bond donors (Lipinski definition) is 0. The van der Waals surface area contributed by atoms with Gasteiger partial charge in [-0.3, -0.25) is 0 Å². The Labute approximate surface area is 383 Å². The van der Waals surface area contributed by atoms with Gasteiger partial charge in [-0.2, -0.15) is 0 Å². The number of nitrogens with zero attached hydrogens (tertiary/aromatic N) is 1. The quantitative estimate of drug-likeness (QED) is 0.147. The van der Waals surface area contributed by atoms with Crippen molar-refractivity contribution in [3.8, 4) is 44.5 Å². The van der Waals surface area contributed by atoms with Crippen molar-refractivity contribution in [2.45, 2.75) is 50.4 Å². The van der Waals surface area contributed by atoms with Gasteiger partial charge in [0.1, 0.15) is 0 Å². The van der Waals surface area contributed by atoms with Gasteiger partial charge in [0.2, 0.25) is 0 Å². The summed E-state index contributed by atoms with van der Waals surface area (Å²) < 4.78 is 0. The Balaban J connectivity index is 1.17. The monoisotopic (exact) mass is 833 g/mol. The van der Waals surface area contributed by atoms with Gasteiger partial charge in [-0.1, -0.05) is 226 Å². The van der Waals surface area contributed by atoms with Gasteiger partial charge in [-0.05, 0) is 115 Å². The lowest BCUT2D eigenvalue weighted by atomic mass is 9.74. The molecule has 1 atom stereocenters. The van der Waals surface area contributed by atoms with Crippen LogP contribution in [-0.2, 0) is 5.41 Å². The summed E-state index contributed by atoms with van der Waals surface area (Å²) >= 11 is 0. The van der Waals surface area contributed by atoms with Crippen molar-refractivity contribution in [1.29, 1.82) is 0 Å². The minimum absolute atomic E-state index is 0.349. The van der Waals surface area contributed by atoms with Crippen LogP contribution in [0.4, 0.5) is 17.1 Å². The van der Waals surface area contributed by atoms with Gasteiger partial charge in [-0.15, -0.1) is 0 Å². The third-order valence-corrected chi connectivity index (χ3v) is 14.7. The molecule has 0 N–H and O–H groups in total. The third kappa shape index (κ3) is 6.44. The van der Waals surface area contributed by atoms with Gasteiger partial charge in [0.05, 0.1) is 17.1 Å². The van der Waals surface area contributed by atoms with Gasteiger partial charge in [0.25, 0.3) is 0 Å². The molecule has 65 heavy (non-hydrogen) atoms. The van der Waals surface area contributed by atoms with Gasteiger partial charge in [-0.25, -0.2) is 0 Å². The molecule has 12 rings (SSSR count). The van der Waals surface area contributed by atoms with Crippen LogP contribution in [-0.4, -0.2) is 0 Å². The lowest BCUT2D eigenvalue weighted by Gasteiger charge is -2.33. The summed E-state index contributed by atoms with van der Waals surface area (Å²) in [6, 6.07) is 84.0. The maximum Gasteiger partial charge on any atom is 0.0543 e. The molecule has 10 aromatic rings. The van der Waals surface area contributed by atoms with Crippen LogP contribution in [0.1, 0.15) is 67.2 Å². The summed E-state index contributed by atoms with van der Waals surface area (Å²) in [5.41, 5.74) is 18.5. The second-order valence-corrected chi connectivity index (χ2v) is 18.3. The van der Waals surface area contributed by atoms with E-state index >= 15 is 0 Å².